The molecule has 9 heteroatoms. The first-order chi connectivity index (χ1) is 15.2. The molecule has 0 aliphatic carbocycles. The fraction of sp³-hybridized carbons (Fsp3) is 0.174. The van der Waals surface area contributed by atoms with Crippen LogP contribution in [0.15, 0.2) is 71.9 Å². The highest BCUT2D eigenvalue weighted by Gasteiger charge is 2.42. The molecule has 7 nitrogen and oxygen atoms in total. The van der Waals surface area contributed by atoms with Crippen LogP contribution in [-0.2, 0) is 26.0 Å². The fourth-order valence-corrected chi connectivity index (χ4v) is 4.93. The zero-order valence-electron chi connectivity index (χ0n) is 17.1. The van der Waals surface area contributed by atoms with Crippen molar-refractivity contribution in [2.24, 2.45) is 5.92 Å². The number of amides is 1. The molecule has 32 heavy (non-hydrogen) atoms. The van der Waals surface area contributed by atoms with Gasteiger partial charge in [-0.15, -0.1) is 0 Å². The van der Waals surface area contributed by atoms with Gasteiger partial charge in [-0.25, -0.2) is 16.8 Å². The Morgan fingerprint density at radius 3 is 2.28 bits per heavy atom. The minimum absolute atomic E-state index is 0.0363. The van der Waals surface area contributed by atoms with Crippen molar-refractivity contribution in [1.29, 1.82) is 0 Å². The van der Waals surface area contributed by atoms with E-state index in [-0.39, 0.29) is 23.4 Å². The number of rotatable bonds is 6. The van der Waals surface area contributed by atoms with E-state index in [0.29, 0.717) is 11.1 Å². The van der Waals surface area contributed by atoms with Gasteiger partial charge in [-0.2, -0.15) is 0 Å². The summed E-state index contributed by atoms with van der Waals surface area (Å²) in [6, 6.07) is 13.3. The molecule has 1 amide bonds. The van der Waals surface area contributed by atoms with E-state index in [2.05, 4.69) is 0 Å². The van der Waals surface area contributed by atoms with Gasteiger partial charge in [-0.3, -0.25) is 14.4 Å². The van der Waals surface area contributed by atoms with Gasteiger partial charge in [-0.1, -0.05) is 30.3 Å². The third kappa shape index (κ3) is 3.87. The average molecular weight is 454 g/mol. The molecule has 164 valence electrons. The van der Waals surface area contributed by atoms with Crippen molar-refractivity contribution in [1.82, 2.24) is 8.87 Å². The molecule has 1 aliphatic heterocycles. The molecule has 1 fully saturated rings. The lowest BCUT2D eigenvalue weighted by Crippen LogP contribution is -2.24. The van der Waals surface area contributed by atoms with Crippen molar-refractivity contribution in [2.45, 2.75) is 11.3 Å². The number of halogens is 1. The molecule has 0 saturated carbocycles. The number of nitrogens with zero attached hydrogens (tertiary/aromatic N) is 2. The summed E-state index contributed by atoms with van der Waals surface area (Å²) in [6.07, 6.45) is 2.65. The predicted molar refractivity (Wildman–Crippen MR) is 113 cm³/mol. The molecule has 0 spiro atoms. The molecule has 1 aromatic heterocycles. The van der Waals surface area contributed by atoms with Crippen molar-refractivity contribution in [3.63, 3.8) is 0 Å². The Balaban J connectivity index is 1.78. The molecule has 3 aromatic rings. The molecule has 0 N–H and O–H groups in total. The largest absolute Gasteiger partial charge is 0.338 e. The number of likely N-dealkylation sites (N-methyl/N-ethyl adjacent to an activating group) is 1. The molecule has 1 atom stereocenters. The van der Waals surface area contributed by atoms with Crippen LogP contribution in [0.25, 0.3) is 0 Å². The summed E-state index contributed by atoms with van der Waals surface area (Å²) in [4.78, 5) is 38.6. The highest BCUT2D eigenvalue weighted by atomic mass is 32.2. The lowest BCUT2D eigenvalue weighted by molar-refractivity contribution is -0.139. The Labute approximate surface area is 184 Å². The molecule has 0 bridgehead atoms. The van der Waals surface area contributed by atoms with Gasteiger partial charge in [0.1, 0.15) is 11.7 Å². The van der Waals surface area contributed by atoms with E-state index in [1.54, 1.807) is 18.2 Å². The van der Waals surface area contributed by atoms with Crippen LogP contribution in [0.5, 0.6) is 0 Å². The number of hydrogen-bond donors (Lipinski definition) is 0. The normalized spacial score (nSPS) is 16.6. The molecule has 0 radical (unpaired) electrons. The van der Waals surface area contributed by atoms with Crippen molar-refractivity contribution in [3.05, 3.63) is 89.5 Å². The van der Waals surface area contributed by atoms with Gasteiger partial charge >= 0.3 is 0 Å². The highest BCUT2D eigenvalue weighted by Crippen LogP contribution is 2.26. The Morgan fingerprint density at radius 2 is 1.69 bits per heavy atom. The maximum absolute atomic E-state index is 13.3. The summed E-state index contributed by atoms with van der Waals surface area (Å²) in [6.45, 7) is -0.0664. The van der Waals surface area contributed by atoms with E-state index in [9.17, 15) is 27.2 Å². The number of likely N-dealkylation sites (tertiary alicyclic amines) is 1. The highest BCUT2D eigenvalue weighted by molar-refractivity contribution is 7.90. The summed E-state index contributed by atoms with van der Waals surface area (Å²) in [5.41, 5.74) is 1.05. The van der Waals surface area contributed by atoms with Crippen LogP contribution in [0.1, 0.15) is 21.5 Å². The molecule has 1 saturated heterocycles. The van der Waals surface area contributed by atoms with Crippen molar-refractivity contribution >= 4 is 27.5 Å². The van der Waals surface area contributed by atoms with Crippen LogP contribution in [-0.4, -0.2) is 48.4 Å². The Morgan fingerprint density at radius 1 is 1.03 bits per heavy atom. The minimum Gasteiger partial charge on any atom is -0.338 e. The molecule has 2 heterocycles. The van der Waals surface area contributed by atoms with E-state index >= 15 is 0 Å². The van der Waals surface area contributed by atoms with Crippen molar-refractivity contribution in [3.8, 4) is 0 Å². The van der Waals surface area contributed by atoms with Crippen LogP contribution in [0.4, 0.5) is 4.39 Å². The maximum Gasteiger partial charge on any atom is 0.290 e. The van der Waals surface area contributed by atoms with E-state index in [1.165, 1.54) is 60.7 Å². The maximum atomic E-state index is 13.3. The quantitative estimate of drug-likeness (QED) is 0.324. The van der Waals surface area contributed by atoms with Crippen LogP contribution in [0, 0.1) is 11.7 Å². The van der Waals surface area contributed by atoms with Crippen LogP contribution in [0.3, 0.4) is 0 Å². The van der Waals surface area contributed by atoms with Crippen LogP contribution < -0.4 is 0 Å². The van der Waals surface area contributed by atoms with Gasteiger partial charge in [0, 0.05) is 31.5 Å². The number of carbonyl (C=O) groups is 3. The van der Waals surface area contributed by atoms with Crippen molar-refractivity contribution < 1.29 is 27.2 Å². The van der Waals surface area contributed by atoms with Gasteiger partial charge in [0.25, 0.3) is 15.9 Å². The number of hydrogen-bond acceptors (Lipinski definition) is 5. The second kappa shape index (κ2) is 8.16. The molecule has 2 aromatic carbocycles. The molecular formula is C23H19FN2O5S. The minimum atomic E-state index is -3.99. The zero-order valence-corrected chi connectivity index (χ0v) is 17.9. The van der Waals surface area contributed by atoms with Gasteiger partial charge < -0.3 is 4.90 Å². The zero-order chi connectivity index (χ0) is 23.0. The molecule has 1 unspecified atom stereocenters. The average Bonchev–Trinajstić information content (AvgIpc) is 3.32. The second-order valence-electron chi connectivity index (χ2n) is 7.62. The number of ketones is 2. The smallest absolute Gasteiger partial charge is 0.290 e. The summed E-state index contributed by atoms with van der Waals surface area (Å²) < 4.78 is 40.4. The van der Waals surface area contributed by atoms with E-state index in [4.69, 9.17) is 0 Å². The number of Topliss-reactive ketones (excluding diaryl/α,β-unsaturated/α-hetero) is 2. The van der Waals surface area contributed by atoms with E-state index in [0.717, 1.165) is 3.97 Å². The second-order valence-corrected chi connectivity index (χ2v) is 9.46. The van der Waals surface area contributed by atoms with Gasteiger partial charge in [0.15, 0.2) is 5.78 Å². The van der Waals surface area contributed by atoms with Crippen LogP contribution >= 0.6 is 0 Å². The summed E-state index contributed by atoms with van der Waals surface area (Å²) in [5, 5.41) is 0. The van der Waals surface area contributed by atoms with Gasteiger partial charge in [0.05, 0.1) is 4.90 Å². The first kappa shape index (κ1) is 21.6. The number of aromatic nitrogens is 1. The van der Waals surface area contributed by atoms with Gasteiger partial charge in [-0.05, 0) is 41.8 Å². The topological polar surface area (TPSA) is 93.5 Å². The summed E-state index contributed by atoms with van der Waals surface area (Å²) in [5.74, 6) is -3.81. The van der Waals surface area contributed by atoms with E-state index in [1.807, 2.05) is 0 Å². The Hall–Kier alpha value is -3.59. The SMILES string of the molecule is CN1CC(C(=O)c2cn(S(=O)(=O)c3ccccc3)cc2Cc2ccc(F)cc2)C(=O)C1=O. The summed E-state index contributed by atoms with van der Waals surface area (Å²) >= 11 is 0. The molecule has 1 aliphatic rings. The Kier molecular flexibility index (Phi) is 5.52. The third-order valence-corrected chi connectivity index (χ3v) is 7.06. The van der Waals surface area contributed by atoms with Gasteiger partial charge in [0.2, 0.25) is 5.78 Å². The third-order valence-electron chi connectivity index (χ3n) is 5.42. The molecule has 4 rings (SSSR count). The Bertz CT molecular complexity index is 1310. The van der Waals surface area contributed by atoms with Crippen LogP contribution in [0.2, 0.25) is 0 Å². The summed E-state index contributed by atoms with van der Waals surface area (Å²) in [7, 11) is -2.56. The fourth-order valence-electron chi connectivity index (χ4n) is 3.67. The first-order valence-electron chi connectivity index (χ1n) is 9.78. The standard InChI is InChI=1S/C23H19FN2O5S/c1-25-13-20(22(28)23(25)29)21(27)19-14-26(32(30,31)18-5-3-2-4-6-18)12-16(19)11-15-7-9-17(24)10-8-15/h2-10,12,14,20H,11,13H2,1H3. The molecular weight excluding hydrogens is 435 g/mol. The van der Waals surface area contributed by atoms with Crippen molar-refractivity contribution in [2.75, 3.05) is 13.6 Å². The van der Waals surface area contributed by atoms with E-state index < -0.39 is 39.2 Å². The number of benzene rings is 2. The number of carbonyl (C=O) groups excluding carboxylic acids is 3. The predicted octanol–water partition coefficient (Wildman–Crippen LogP) is 2.29. The lowest BCUT2D eigenvalue weighted by Gasteiger charge is -2.09. The first-order valence-corrected chi connectivity index (χ1v) is 11.2. The monoisotopic (exact) mass is 454 g/mol. The lowest BCUT2D eigenvalue weighted by atomic mass is 9.93.